The van der Waals surface area contributed by atoms with Gasteiger partial charge >= 0.3 is 6.11 Å². The second kappa shape index (κ2) is 8.12. The summed E-state index contributed by atoms with van der Waals surface area (Å²) in [6.07, 6.45) is 1.91. The lowest BCUT2D eigenvalue weighted by Crippen LogP contribution is -2.50. The molecule has 0 saturated heterocycles. The maximum Gasteiger partial charge on any atom is 0.419 e. The third-order valence-corrected chi connectivity index (χ3v) is 5.92. The van der Waals surface area contributed by atoms with Gasteiger partial charge in [0.15, 0.2) is 0 Å². The van der Waals surface area contributed by atoms with Crippen LogP contribution in [0.2, 0.25) is 0 Å². The molecule has 1 aromatic carbocycles. The summed E-state index contributed by atoms with van der Waals surface area (Å²) in [6.45, 7) is 4.50. The standard InChI is InChI=1S/C24H22F2N4O4/c1-15-12-28(14-27-15)18-6-7-19-23(32)29(10-11-30(19)22(18)31)16(2)13-33-20-4-3-5-21-17(20)8-9-24(25,26)34-21/h3-9,12,14,16H,10-11,13H2,1-2H3/t16-/m0/s1. The van der Waals surface area contributed by atoms with Crippen molar-refractivity contribution in [1.82, 2.24) is 19.0 Å². The van der Waals surface area contributed by atoms with Gasteiger partial charge in [0.2, 0.25) is 0 Å². The lowest BCUT2D eigenvalue weighted by Gasteiger charge is -2.34. The summed E-state index contributed by atoms with van der Waals surface area (Å²) in [7, 11) is 0. The molecular weight excluding hydrogens is 446 g/mol. The van der Waals surface area contributed by atoms with Crippen molar-refractivity contribution in [2.75, 3.05) is 13.2 Å². The minimum absolute atomic E-state index is 0.0314. The number of aromatic nitrogens is 3. The number of hydrogen-bond acceptors (Lipinski definition) is 5. The van der Waals surface area contributed by atoms with Crippen molar-refractivity contribution in [3.8, 4) is 17.2 Å². The Hall–Kier alpha value is -3.95. The summed E-state index contributed by atoms with van der Waals surface area (Å²) >= 11 is 0. The van der Waals surface area contributed by atoms with E-state index in [1.165, 1.54) is 16.7 Å². The van der Waals surface area contributed by atoms with Gasteiger partial charge in [-0.3, -0.25) is 9.59 Å². The highest BCUT2D eigenvalue weighted by atomic mass is 19.3. The predicted molar refractivity (Wildman–Crippen MR) is 120 cm³/mol. The number of benzene rings is 1. The number of rotatable bonds is 5. The molecule has 1 atom stereocenters. The molecule has 5 rings (SSSR count). The number of ether oxygens (including phenoxy) is 2. The van der Waals surface area contributed by atoms with Crippen LogP contribution in [0.5, 0.6) is 11.5 Å². The Kier molecular flexibility index (Phi) is 5.22. The van der Waals surface area contributed by atoms with Crippen LogP contribution in [0.25, 0.3) is 11.8 Å². The highest BCUT2D eigenvalue weighted by Crippen LogP contribution is 2.38. The Morgan fingerprint density at radius 1 is 1.21 bits per heavy atom. The molecule has 0 radical (unpaired) electrons. The van der Waals surface area contributed by atoms with Gasteiger partial charge in [0.25, 0.3) is 11.5 Å². The molecule has 10 heteroatoms. The van der Waals surface area contributed by atoms with Crippen LogP contribution in [0, 0.1) is 6.92 Å². The number of aryl methyl sites for hydroxylation is 1. The number of nitrogens with zero attached hydrogens (tertiary/aromatic N) is 4. The van der Waals surface area contributed by atoms with Crippen molar-refractivity contribution in [2.24, 2.45) is 0 Å². The van der Waals surface area contributed by atoms with Crippen LogP contribution in [0.3, 0.4) is 0 Å². The Balaban J connectivity index is 1.32. The maximum absolute atomic E-state index is 13.5. The van der Waals surface area contributed by atoms with E-state index in [1.54, 1.807) is 46.3 Å². The summed E-state index contributed by atoms with van der Waals surface area (Å²) in [5.74, 6) is 0.145. The number of fused-ring (bicyclic) bond motifs is 2. The van der Waals surface area contributed by atoms with Crippen LogP contribution < -0.4 is 15.0 Å². The Bertz CT molecular complexity index is 1360. The molecule has 0 N–H and O–H groups in total. The molecule has 0 saturated carbocycles. The van der Waals surface area contributed by atoms with E-state index in [0.717, 1.165) is 5.69 Å². The van der Waals surface area contributed by atoms with E-state index < -0.39 is 6.11 Å². The topological polar surface area (TPSA) is 78.6 Å². The first-order valence-electron chi connectivity index (χ1n) is 10.8. The van der Waals surface area contributed by atoms with Crippen LogP contribution in [0.4, 0.5) is 8.78 Å². The first-order chi connectivity index (χ1) is 16.2. The van der Waals surface area contributed by atoms with E-state index >= 15 is 0 Å². The fourth-order valence-electron chi connectivity index (χ4n) is 4.17. The summed E-state index contributed by atoms with van der Waals surface area (Å²) < 4.78 is 40.6. The number of imidazole rings is 1. The molecule has 4 heterocycles. The molecule has 2 aromatic heterocycles. The average Bonchev–Trinajstić information content (AvgIpc) is 3.23. The Morgan fingerprint density at radius 3 is 2.79 bits per heavy atom. The van der Waals surface area contributed by atoms with Crippen LogP contribution in [-0.4, -0.2) is 50.2 Å². The number of carbonyl (C=O) groups excluding carboxylic acids is 1. The van der Waals surface area contributed by atoms with Gasteiger partial charge in [-0.05, 0) is 44.2 Å². The van der Waals surface area contributed by atoms with Crippen molar-refractivity contribution in [2.45, 2.75) is 32.5 Å². The van der Waals surface area contributed by atoms with Gasteiger partial charge < -0.3 is 23.5 Å². The SMILES string of the molecule is Cc1cn(-c2ccc3n(c2=O)CCN([C@@H](C)COc2cccc4c2C=CC(F)(F)O4)C3=O)cn1. The fourth-order valence-corrected chi connectivity index (χ4v) is 4.17. The van der Waals surface area contributed by atoms with Gasteiger partial charge in [-0.15, -0.1) is 0 Å². The largest absolute Gasteiger partial charge is 0.491 e. The van der Waals surface area contributed by atoms with Crippen molar-refractivity contribution in [3.63, 3.8) is 0 Å². The number of carbonyl (C=O) groups is 1. The molecule has 176 valence electrons. The Labute approximate surface area is 193 Å². The normalized spacial score (nSPS) is 17.1. The third kappa shape index (κ3) is 3.85. The van der Waals surface area contributed by atoms with Gasteiger partial charge in [-0.2, -0.15) is 8.78 Å². The zero-order valence-corrected chi connectivity index (χ0v) is 18.6. The van der Waals surface area contributed by atoms with Gasteiger partial charge in [0.05, 0.1) is 23.6 Å². The molecule has 0 spiro atoms. The first kappa shape index (κ1) is 21.9. The smallest absolute Gasteiger partial charge is 0.419 e. The molecule has 34 heavy (non-hydrogen) atoms. The van der Waals surface area contributed by atoms with Crippen molar-refractivity contribution >= 4 is 12.0 Å². The monoisotopic (exact) mass is 468 g/mol. The van der Waals surface area contributed by atoms with E-state index in [0.29, 0.717) is 41.9 Å². The van der Waals surface area contributed by atoms with Crippen molar-refractivity contribution < 1.29 is 23.0 Å². The lowest BCUT2D eigenvalue weighted by atomic mass is 10.1. The number of halogens is 2. The number of hydrogen-bond donors (Lipinski definition) is 0. The Morgan fingerprint density at radius 2 is 2.03 bits per heavy atom. The lowest BCUT2D eigenvalue weighted by molar-refractivity contribution is -0.132. The minimum Gasteiger partial charge on any atom is -0.491 e. The van der Waals surface area contributed by atoms with Crippen molar-refractivity contribution in [3.05, 3.63) is 76.2 Å². The summed E-state index contributed by atoms with van der Waals surface area (Å²) in [5.41, 5.74) is 1.68. The summed E-state index contributed by atoms with van der Waals surface area (Å²) in [6, 6.07) is 7.63. The molecule has 0 bridgehead atoms. The molecular formula is C24H22F2N4O4. The predicted octanol–water partition coefficient (Wildman–Crippen LogP) is 3.26. The van der Waals surface area contributed by atoms with Gasteiger partial charge in [-0.1, -0.05) is 6.07 Å². The van der Waals surface area contributed by atoms with E-state index in [9.17, 15) is 18.4 Å². The van der Waals surface area contributed by atoms with Crippen molar-refractivity contribution in [1.29, 1.82) is 0 Å². The fraction of sp³-hybridized carbons (Fsp3) is 0.292. The zero-order valence-electron chi connectivity index (χ0n) is 18.6. The minimum atomic E-state index is -3.36. The number of amides is 1. The van der Waals surface area contributed by atoms with Gasteiger partial charge in [-0.25, -0.2) is 4.98 Å². The third-order valence-electron chi connectivity index (χ3n) is 5.92. The highest BCUT2D eigenvalue weighted by molar-refractivity contribution is 5.93. The summed E-state index contributed by atoms with van der Waals surface area (Å²) in [5, 5.41) is 0. The molecule has 3 aromatic rings. The molecule has 1 amide bonds. The zero-order chi connectivity index (χ0) is 24.0. The van der Waals surface area contributed by atoms with E-state index in [4.69, 9.17) is 9.47 Å². The average molecular weight is 468 g/mol. The molecule has 0 aliphatic carbocycles. The highest BCUT2D eigenvalue weighted by Gasteiger charge is 2.33. The van der Waals surface area contributed by atoms with Gasteiger partial charge in [0.1, 0.15) is 29.5 Å². The molecule has 2 aliphatic heterocycles. The van der Waals surface area contributed by atoms with Crippen LogP contribution in [0.15, 0.2) is 53.7 Å². The second-order valence-corrected chi connectivity index (χ2v) is 8.31. The number of pyridine rings is 1. The summed E-state index contributed by atoms with van der Waals surface area (Å²) in [4.78, 5) is 31.9. The molecule has 0 unspecified atom stereocenters. The van der Waals surface area contributed by atoms with Crippen LogP contribution in [0.1, 0.15) is 28.7 Å². The van der Waals surface area contributed by atoms with Gasteiger partial charge in [0, 0.05) is 25.4 Å². The van der Waals surface area contributed by atoms with E-state index in [2.05, 4.69) is 4.98 Å². The first-order valence-corrected chi connectivity index (χ1v) is 10.8. The quantitative estimate of drug-likeness (QED) is 0.575. The molecule has 0 fully saturated rings. The molecule has 2 aliphatic rings. The molecule has 8 nitrogen and oxygen atoms in total. The van der Waals surface area contributed by atoms with Crippen LogP contribution in [-0.2, 0) is 6.54 Å². The van der Waals surface area contributed by atoms with E-state index in [1.807, 2.05) is 13.8 Å². The maximum atomic E-state index is 13.5. The van der Waals surface area contributed by atoms with Crippen LogP contribution >= 0.6 is 0 Å². The second-order valence-electron chi connectivity index (χ2n) is 8.31. The number of alkyl halides is 2. The van der Waals surface area contributed by atoms with E-state index in [-0.39, 0.29) is 29.9 Å².